The average Bonchev–Trinajstić information content (AvgIpc) is 2.98. The summed E-state index contributed by atoms with van der Waals surface area (Å²) in [4.78, 5) is 15.0. The summed E-state index contributed by atoms with van der Waals surface area (Å²) >= 11 is 0. The molecule has 0 aliphatic carbocycles. The molecule has 0 unspecified atom stereocenters. The molecule has 1 aromatic rings. The van der Waals surface area contributed by atoms with Crippen molar-refractivity contribution in [3.63, 3.8) is 0 Å². The van der Waals surface area contributed by atoms with E-state index in [1.165, 1.54) is 0 Å². The molecule has 3 rings (SSSR count). The van der Waals surface area contributed by atoms with E-state index in [-0.39, 0.29) is 18.1 Å². The summed E-state index contributed by atoms with van der Waals surface area (Å²) in [7, 11) is -1.48. The Morgan fingerprint density at radius 2 is 1.86 bits per heavy atom. The molecule has 1 amide bonds. The normalized spacial score (nSPS) is 27.2. The Balaban J connectivity index is 1.69. The number of benzene rings is 1. The molecule has 0 N–H and O–H groups in total. The van der Waals surface area contributed by atoms with Crippen molar-refractivity contribution in [3.05, 3.63) is 35.9 Å². The summed E-state index contributed by atoms with van der Waals surface area (Å²) in [6.45, 7) is 17.3. The first kappa shape index (κ1) is 22.5. The molecule has 5 nitrogen and oxygen atoms in total. The fourth-order valence-corrected chi connectivity index (χ4v) is 5.33. The first-order chi connectivity index (χ1) is 13.4. The minimum Gasteiger partial charge on any atom is -0.361 e. The number of hydrogen-bond acceptors (Lipinski definition) is 4. The van der Waals surface area contributed by atoms with E-state index < -0.39 is 20.0 Å². The number of carbonyl (C=O) groups excluding carboxylic acids is 1. The number of ether oxygens (including phenoxy) is 3. The Labute approximate surface area is 176 Å². The summed E-state index contributed by atoms with van der Waals surface area (Å²) in [5.41, 5.74) is 1.07. The van der Waals surface area contributed by atoms with E-state index in [2.05, 4.69) is 33.9 Å². The number of carbonyl (C=O) groups is 1. The highest BCUT2D eigenvalue weighted by molar-refractivity contribution is 6.80. The van der Waals surface area contributed by atoms with E-state index in [1.54, 1.807) is 0 Å². The van der Waals surface area contributed by atoms with Gasteiger partial charge in [0.2, 0.25) is 0 Å². The maximum atomic E-state index is 13.0. The molecular weight excluding hydrogens is 382 g/mol. The second-order valence-electron chi connectivity index (χ2n) is 10.5. The maximum Gasteiger partial charge on any atom is 0.254 e. The lowest BCUT2D eigenvalue weighted by atomic mass is 9.92. The number of likely N-dealkylation sites (tertiary alicyclic amines) is 1. The van der Waals surface area contributed by atoms with Crippen molar-refractivity contribution in [2.24, 2.45) is 0 Å². The predicted octanol–water partition coefficient (Wildman–Crippen LogP) is 4.44. The minimum atomic E-state index is -1.48. The lowest BCUT2D eigenvalue weighted by Gasteiger charge is -2.50. The third-order valence-corrected chi connectivity index (χ3v) is 12.4. The molecule has 29 heavy (non-hydrogen) atoms. The van der Waals surface area contributed by atoms with Crippen LogP contribution in [0.5, 0.6) is 0 Å². The van der Waals surface area contributed by atoms with Crippen molar-refractivity contribution in [2.45, 2.75) is 89.4 Å². The van der Waals surface area contributed by atoms with Gasteiger partial charge in [0.15, 0.2) is 11.9 Å². The highest BCUT2D eigenvalue weighted by Crippen LogP contribution is 2.40. The van der Waals surface area contributed by atoms with Crippen molar-refractivity contribution in [2.75, 3.05) is 13.2 Å². The fraction of sp³-hybridized carbons (Fsp3) is 0.696. The SMILES string of the molecule is CC1(C)OC[C@H]([C@H]2[C@@H](OCc3ccccc3)C(=O)N2CC[Si](C)(C)C(C)(C)C)O1. The van der Waals surface area contributed by atoms with Crippen LogP contribution in [0.1, 0.15) is 40.2 Å². The third kappa shape index (κ3) is 4.93. The van der Waals surface area contributed by atoms with E-state index in [4.69, 9.17) is 14.2 Å². The van der Waals surface area contributed by atoms with Gasteiger partial charge in [0, 0.05) is 6.54 Å². The molecule has 0 bridgehead atoms. The topological polar surface area (TPSA) is 48.0 Å². The Hall–Kier alpha value is -1.21. The van der Waals surface area contributed by atoms with Crippen molar-refractivity contribution in [1.82, 2.24) is 4.90 Å². The van der Waals surface area contributed by atoms with E-state index in [0.717, 1.165) is 18.2 Å². The van der Waals surface area contributed by atoms with Crippen LogP contribution in [0.3, 0.4) is 0 Å². The molecule has 2 fully saturated rings. The number of amides is 1. The average molecular weight is 420 g/mol. The molecule has 2 heterocycles. The molecule has 2 aliphatic heterocycles. The van der Waals surface area contributed by atoms with E-state index in [1.807, 2.05) is 49.1 Å². The number of hydrogen-bond donors (Lipinski definition) is 0. The maximum absolute atomic E-state index is 13.0. The van der Waals surface area contributed by atoms with Crippen LogP contribution in [-0.4, -0.2) is 56.1 Å². The highest BCUT2D eigenvalue weighted by atomic mass is 28.3. The lowest BCUT2D eigenvalue weighted by Crippen LogP contribution is -2.70. The van der Waals surface area contributed by atoms with Crippen molar-refractivity contribution in [3.8, 4) is 0 Å². The van der Waals surface area contributed by atoms with Gasteiger partial charge in [-0.05, 0) is 30.5 Å². The molecule has 0 saturated carbocycles. The van der Waals surface area contributed by atoms with Gasteiger partial charge >= 0.3 is 0 Å². The Bertz CT molecular complexity index is 713. The van der Waals surface area contributed by atoms with Crippen molar-refractivity contribution < 1.29 is 19.0 Å². The molecule has 2 aliphatic rings. The molecule has 6 heteroatoms. The van der Waals surface area contributed by atoms with Crippen LogP contribution in [0, 0.1) is 0 Å². The second-order valence-corrected chi connectivity index (χ2v) is 16.3. The Morgan fingerprint density at radius 3 is 2.41 bits per heavy atom. The third-order valence-electron chi connectivity index (χ3n) is 6.89. The zero-order valence-corrected chi connectivity index (χ0v) is 20.0. The van der Waals surface area contributed by atoms with Gasteiger partial charge in [-0.3, -0.25) is 4.79 Å². The van der Waals surface area contributed by atoms with Crippen LogP contribution in [0.2, 0.25) is 24.2 Å². The summed E-state index contributed by atoms with van der Waals surface area (Å²) in [5, 5.41) is 0.300. The van der Waals surface area contributed by atoms with E-state index in [9.17, 15) is 4.79 Å². The van der Waals surface area contributed by atoms with Gasteiger partial charge in [0.05, 0.1) is 27.3 Å². The molecule has 162 valence electrons. The molecule has 0 aromatic heterocycles. The van der Waals surface area contributed by atoms with Gasteiger partial charge in [-0.25, -0.2) is 0 Å². The summed E-state index contributed by atoms with van der Waals surface area (Å²) in [5.74, 6) is -0.531. The van der Waals surface area contributed by atoms with Gasteiger partial charge < -0.3 is 19.1 Å². The van der Waals surface area contributed by atoms with Crippen LogP contribution in [0.25, 0.3) is 0 Å². The standard InChI is InChI=1S/C23H37NO4Si/c1-22(2,3)29(6,7)14-13-24-19(18-16-27-23(4,5)28-18)20(21(24)25)26-15-17-11-9-8-10-12-17/h8-12,18-20H,13-16H2,1-7H3/t18-,19+,20-/m1/s1. The molecule has 0 spiro atoms. The van der Waals surface area contributed by atoms with Crippen LogP contribution < -0.4 is 0 Å². The van der Waals surface area contributed by atoms with Crippen molar-refractivity contribution >= 4 is 14.0 Å². The van der Waals surface area contributed by atoms with Gasteiger partial charge in [-0.15, -0.1) is 0 Å². The first-order valence-corrected chi connectivity index (χ1v) is 13.9. The molecule has 0 radical (unpaired) electrons. The van der Waals surface area contributed by atoms with Gasteiger partial charge in [-0.2, -0.15) is 0 Å². The molecule has 1 aromatic carbocycles. The fourth-order valence-electron chi connectivity index (χ4n) is 3.78. The Kier molecular flexibility index (Phi) is 6.31. The zero-order chi connectivity index (χ0) is 21.4. The van der Waals surface area contributed by atoms with Crippen LogP contribution in [0.4, 0.5) is 0 Å². The minimum absolute atomic E-state index is 0.0814. The van der Waals surface area contributed by atoms with Gasteiger partial charge in [0.25, 0.3) is 5.91 Å². The number of β-lactam (4-membered cyclic amide) rings is 1. The summed E-state index contributed by atoms with van der Waals surface area (Å²) in [6, 6.07) is 11.0. The first-order valence-electron chi connectivity index (χ1n) is 10.7. The predicted molar refractivity (Wildman–Crippen MR) is 117 cm³/mol. The van der Waals surface area contributed by atoms with Crippen LogP contribution in [-0.2, 0) is 25.6 Å². The largest absolute Gasteiger partial charge is 0.361 e. The molecular formula is C23H37NO4Si. The van der Waals surface area contributed by atoms with E-state index in [0.29, 0.717) is 18.3 Å². The number of nitrogens with zero attached hydrogens (tertiary/aromatic N) is 1. The lowest BCUT2D eigenvalue weighted by molar-refractivity contribution is -0.197. The highest BCUT2D eigenvalue weighted by Gasteiger charge is 2.55. The van der Waals surface area contributed by atoms with Gasteiger partial charge in [0.1, 0.15) is 6.10 Å². The van der Waals surface area contributed by atoms with Crippen LogP contribution in [0.15, 0.2) is 30.3 Å². The monoisotopic (exact) mass is 419 g/mol. The molecule has 3 atom stereocenters. The Morgan fingerprint density at radius 1 is 1.21 bits per heavy atom. The molecule has 2 saturated heterocycles. The van der Waals surface area contributed by atoms with Crippen LogP contribution >= 0.6 is 0 Å². The summed E-state index contributed by atoms with van der Waals surface area (Å²) < 4.78 is 18.0. The summed E-state index contributed by atoms with van der Waals surface area (Å²) in [6.07, 6.45) is -0.611. The second kappa shape index (κ2) is 8.14. The van der Waals surface area contributed by atoms with E-state index >= 15 is 0 Å². The number of rotatable bonds is 7. The van der Waals surface area contributed by atoms with Gasteiger partial charge in [-0.1, -0.05) is 64.2 Å². The quantitative estimate of drug-likeness (QED) is 0.484. The zero-order valence-electron chi connectivity index (χ0n) is 19.0. The van der Waals surface area contributed by atoms with Crippen molar-refractivity contribution in [1.29, 1.82) is 0 Å². The smallest absolute Gasteiger partial charge is 0.254 e.